The molecule has 0 radical (unpaired) electrons. The number of hydrogen-bond donors (Lipinski definition) is 2. The zero-order valence-corrected chi connectivity index (χ0v) is 15.7. The maximum atomic E-state index is 12.2. The number of rotatable bonds is 7. The fraction of sp³-hybridized carbons (Fsp3) is 0.263. The summed E-state index contributed by atoms with van der Waals surface area (Å²) in [6.07, 6.45) is 0. The molecule has 2 rings (SSSR count). The Morgan fingerprint density at radius 2 is 2.00 bits per heavy atom. The monoisotopic (exact) mass is 374 g/mol. The van der Waals surface area contributed by atoms with Crippen LogP contribution in [0.15, 0.2) is 36.4 Å². The van der Waals surface area contributed by atoms with Gasteiger partial charge in [-0.15, -0.1) is 0 Å². The van der Waals surface area contributed by atoms with E-state index in [1.807, 2.05) is 31.3 Å². The number of ether oxygens (including phenoxy) is 2. The van der Waals surface area contributed by atoms with Crippen LogP contribution in [0.5, 0.6) is 11.5 Å². The summed E-state index contributed by atoms with van der Waals surface area (Å²) in [5.41, 5.74) is 1.92. The molecule has 136 valence electrons. The lowest BCUT2D eigenvalue weighted by molar-refractivity contribution is -0.885. The smallest absolute Gasteiger partial charge is 0.279 e. The van der Waals surface area contributed by atoms with Crippen LogP contribution in [0.3, 0.4) is 0 Å². The minimum absolute atomic E-state index is 0.143. The Morgan fingerprint density at radius 1 is 1.23 bits per heavy atom. The normalized spacial score (nSPS) is 11.3. The molecule has 1 atom stereocenters. The molecule has 0 saturated heterocycles. The van der Waals surface area contributed by atoms with Crippen molar-refractivity contribution in [2.45, 2.75) is 6.54 Å². The fourth-order valence-electron chi connectivity index (χ4n) is 2.55. The molecule has 2 N–H and O–H groups in total. The third-order valence-corrected chi connectivity index (χ3v) is 4.13. The second-order valence-corrected chi connectivity index (χ2v) is 6.25. The van der Waals surface area contributed by atoms with Gasteiger partial charge < -0.3 is 19.7 Å². The van der Waals surface area contributed by atoms with Crippen LogP contribution < -0.4 is 19.7 Å². The number of methoxy groups -OCH3 is 2. The second-order valence-electron chi connectivity index (χ2n) is 5.84. The van der Waals surface area contributed by atoms with Crippen LogP contribution in [0.25, 0.3) is 0 Å². The van der Waals surface area contributed by atoms with E-state index in [-0.39, 0.29) is 12.5 Å². The lowest BCUT2D eigenvalue weighted by Crippen LogP contribution is -3.08. The number of amides is 1. The summed E-state index contributed by atoms with van der Waals surface area (Å²) in [7, 11) is 5.13. The molecule has 0 aliphatic rings. The molecule has 0 bridgehead atoms. The Kier molecular flexibility index (Phi) is 6.84. The molecule has 2 aromatic carbocycles. The van der Waals surface area contributed by atoms with E-state index in [4.69, 9.17) is 26.3 Å². The fourth-order valence-corrected chi connectivity index (χ4v) is 2.77. The summed E-state index contributed by atoms with van der Waals surface area (Å²) < 4.78 is 10.6. The summed E-state index contributed by atoms with van der Waals surface area (Å²) in [4.78, 5) is 13.2. The minimum atomic E-state index is -0.143. The maximum absolute atomic E-state index is 12.2. The lowest BCUT2D eigenvalue weighted by atomic mass is 10.1. The van der Waals surface area contributed by atoms with Gasteiger partial charge in [-0.2, -0.15) is 5.26 Å². The third kappa shape index (κ3) is 5.12. The summed E-state index contributed by atoms with van der Waals surface area (Å²) >= 11 is 5.98. The van der Waals surface area contributed by atoms with Crippen molar-refractivity contribution in [3.05, 3.63) is 52.5 Å². The number of carbonyl (C=O) groups excluding carboxylic acids is 1. The van der Waals surface area contributed by atoms with Crippen LogP contribution in [0.1, 0.15) is 11.1 Å². The zero-order chi connectivity index (χ0) is 19.1. The van der Waals surface area contributed by atoms with Crippen molar-refractivity contribution >= 4 is 23.2 Å². The summed E-state index contributed by atoms with van der Waals surface area (Å²) in [5, 5.41) is 12.0. The highest BCUT2D eigenvalue weighted by molar-refractivity contribution is 6.32. The topological polar surface area (TPSA) is 75.8 Å². The largest absolute Gasteiger partial charge is 0.497 e. The van der Waals surface area contributed by atoms with E-state index in [2.05, 4.69) is 5.32 Å². The van der Waals surface area contributed by atoms with Gasteiger partial charge in [0.1, 0.15) is 24.1 Å². The zero-order valence-electron chi connectivity index (χ0n) is 14.9. The molecule has 0 fully saturated rings. The number of carbonyl (C=O) groups is 1. The van der Waals surface area contributed by atoms with Gasteiger partial charge in [-0.05, 0) is 30.3 Å². The second kappa shape index (κ2) is 9.09. The van der Waals surface area contributed by atoms with Gasteiger partial charge in [-0.3, -0.25) is 4.79 Å². The highest BCUT2D eigenvalue weighted by atomic mass is 35.5. The van der Waals surface area contributed by atoms with Gasteiger partial charge in [0.15, 0.2) is 6.54 Å². The van der Waals surface area contributed by atoms with E-state index in [1.165, 1.54) is 0 Å². The minimum Gasteiger partial charge on any atom is -0.497 e. The van der Waals surface area contributed by atoms with Crippen molar-refractivity contribution in [1.82, 2.24) is 0 Å². The molecule has 1 amide bonds. The number of benzene rings is 2. The standard InChI is InChI=1S/C19H20ClN3O3/c1-23(11-14-5-7-16(25-2)9-18(14)26-3)12-19(24)22-15-6-4-13(10-21)17(20)8-15/h4-9H,11-12H2,1-3H3,(H,22,24)/p+1. The Morgan fingerprint density at radius 3 is 2.62 bits per heavy atom. The van der Waals surface area contributed by atoms with E-state index in [9.17, 15) is 4.79 Å². The summed E-state index contributed by atoms with van der Waals surface area (Å²) in [6, 6.07) is 12.4. The molecule has 0 saturated carbocycles. The summed E-state index contributed by atoms with van der Waals surface area (Å²) in [5.74, 6) is 1.30. The predicted octanol–water partition coefficient (Wildman–Crippen LogP) is 1.88. The van der Waals surface area contributed by atoms with Gasteiger partial charge >= 0.3 is 0 Å². The van der Waals surface area contributed by atoms with Gasteiger partial charge in [-0.25, -0.2) is 0 Å². The number of nitrogens with zero attached hydrogens (tertiary/aromatic N) is 1. The Balaban J connectivity index is 1.97. The average Bonchev–Trinajstić information content (AvgIpc) is 2.62. The predicted molar refractivity (Wildman–Crippen MR) is 99.8 cm³/mol. The molecule has 0 aliphatic carbocycles. The number of hydrogen-bond acceptors (Lipinski definition) is 4. The van der Waals surface area contributed by atoms with E-state index >= 15 is 0 Å². The molecule has 0 aliphatic heterocycles. The molecular weight excluding hydrogens is 354 g/mol. The van der Waals surface area contributed by atoms with Crippen molar-refractivity contribution in [2.75, 3.05) is 33.1 Å². The number of nitriles is 1. The number of halogens is 1. The molecule has 6 nitrogen and oxygen atoms in total. The molecule has 2 aromatic rings. The lowest BCUT2D eigenvalue weighted by Gasteiger charge is -2.16. The van der Waals surface area contributed by atoms with Crippen molar-refractivity contribution in [1.29, 1.82) is 5.26 Å². The molecule has 0 aromatic heterocycles. The Bertz CT molecular complexity index is 833. The van der Waals surface area contributed by atoms with Gasteiger partial charge in [0.25, 0.3) is 5.91 Å². The summed E-state index contributed by atoms with van der Waals surface area (Å²) in [6.45, 7) is 0.890. The van der Waals surface area contributed by atoms with Gasteiger partial charge in [-0.1, -0.05) is 11.6 Å². The van der Waals surface area contributed by atoms with Crippen LogP contribution in [0.2, 0.25) is 5.02 Å². The van der Waals surface area contributed by atoms with E-state index in [1.54, 1.807) is 32.4 Å². The van der Waals surface area contributed by atoms with Crippen LogP contribution in [-0.2, 0) is 11.3 Å². The average molecular weight is 375 g/mol. The van der Waals surface area contributed by atoms with Crippen LogP contribution in [-0.4, -0.2) is 33.7 Å². The van der Waals surface area contributed by atoms with Crippen molar-refractivity contribution in [2.24, 2.45) is 0 Å². The van der Waals surface area contributed by atoms with Gasteiger partial charge in [0, 0.05) is 17.3 Å². The first kappa shape index (κ1) is 19.6. The number of likely N-dealkylation sites (N-methyl/N-ethyl adjacent to an activating group) is 1. The Hall–Kier alpha value is -2.75. The molecule has 0 heterocycles. The van der Waals surface area contributed by atoms with Crippen LogP contribution >= 0.6 is 11.6 Å². The number of quaternary nitrogens is 1. The highest BCUT2D eigenvalue weighted by Gasteiger charge is 2.14. The molecule has 26 heavy (non-hydrogen) atoms. The van der Waals surface area contributed by atoms with Crippen molar-refractivity contribution in [3.63, 3.8) is 0 Å². The van der Waals surface area contributed by atoms with Crippen LogP contribution in [0.4, 0.5) is 5.69 Å². The molecular formula is C19H21ClN3O3+. The van der Waals surface area contributed by atoms with Crippen molar-refractivity contribution < 1.29 is 19.2 Å². The van der Waals surface area contributed by atoms with E-state index in [0.717, 1.165) is 22.0 Å². The molecule has 1 unspecified atom stereocenters. The number of nitrogens with one attached hydrogen (secondary N) is 2. The maximum Gasteiger partial charge on any atom is 0.279 e. The molecule has 0 spiro atoms. The van der Waals surface area contributed by atoms with Crippen LogP contribution in [0, 0.1) is 11.3 Å². The van der Waals surface area contributed by atoms with E-state index < -0.39 is 0 Å². The number of anilines is 1. The van der Waals surface area contributed by atoms with Gasteiger partial charge in [0.2, 0.25) is 0 Å². The SMILES string of the molecule is COc1ccc(C[NH+](C)CC(=O)Nc2ccc(C#N)c(Cl)c2)c(OC)c1. The molecule has 7 heteroatoms. The van der Waals surface area contributed by atoms with E-state index in [0.29, 0.717) is 22.8 Å². The first-order valence-electron chi connectivity index (χ1n) is 7.98. The van der Waals surface area contributed by atoms with Crippen molar-refractivity contribution in [3.8, 4) is 17.6 Å². The quantitative estimate of drug-likeness (QED) is 0.776. The van der Waals surface area contributed by atoms with Gasteiger partial charge in [0.05, 0.1) is 31.9 Å². The first-order chi connectivity index (χ1) is 12.5. The first-order valence-corrected chi connectivity index (χ1v) is 8.36. The highest BCUT2D eigenvalue weighted by Crippen LogP contribution is 2.24. The third-order valence-electron chi connectivity index (χ3n) is 3.82. The Labute approximate surface area is 157 Å².